The fourth-order valence-electron chi connectivity index (χ4n) is 3.31. The predicted octanol–water partition coefficient (Wildman–Crippen LogP) is 1.21. The van der Waals surface area contributed by atoms with Crippen molar-refractivity contribution < 1.29 is 17.4 Å². The Morgan fingerprint density at radius 3 is 2.53 bits per heavy atom. The van der Waals surface area contributed by atoms with Crippen LogP contribution in [0, 0.1) is 0 Å². The molecule has 12 heteroatoms. The van der Waals surface area contributed by atoms with Crippen molar-refractivity contribution in [1.29, 1.82) is 0 Å². The fourth-order valence-corrected chi connectivity index (χ4v) is 4.73. The summed E-state index contributed by atoms with van der Waals surface area (Å²) in [5.74, 6) is 1.48. The zero-order chi connectivity index (χ0) is 20.9. The van der Waals surface area contributed by atoms with Crippen LogP contribution >= 0.6 is 24.0 Å². The molecule has 0 spiro atoms. The van der Waals surface area contributed by atoms with Crippen molar-refractivity contribution in [3.8, 4) is 0 Å². The van der Waals surface area contributed by atoms with E-state index in [1.54, 1.807) is 19.4 Å². The summed E-state index contributed by atoms with van der Waals surface area (Å²) in [6.45, 7) is 2.54. The molecule has 0 radical (unpaired) electrons. The van der Waals surface area contributed by atoms with Gasteiger partial charge in [0.05, 0.1) is 18.0 Å². The third kappa shape index (κ3) is 6.18. The number of sulfonamides is 1. The largest absolute Gasteiger partial charge is 0.468 e. The van der Waals surface area contributed by atoms with Crippen molar-refractivity contribution in [3.63, 3.8) is 0 Å². The molecule has 10 nitrogen and oxygen atoms in total. The smallest absolute Gasteiger partial charge is 0.220 e. The molecule has 1 N–H and O–H groups in total. The van der Waals surface area contributed by atoms with Gasteiger partial charge in [-0.1, -0.05) is 5.16 Å². The number of hydrogen-bond acceptors (Lipinski definition) is 7. The lowest BCUT2D eigenvalue weighted by atomic mass is 10.2. The summed E-state index contributed by atoms with van der Waals surface area (Å²) < 4.78 is 36.9. The van der Waals surface area contributed by atoms with Crippen LogP contribution in [0.1, 0.15) is 17.5 Å². The van der Waals surface area contributed by atoms with Crippen LogP contribution < -0.4 is 5.32 Å². The van der Waals surface area contributed by atoms with Crippen molar-refractivity contribution in [3.05, 3.63) is 42.2 Å². The Hall–Kier alpha value is -1.64. The van der Waals surface area contributed by atoms with Gasteiger partial charge in [-0.05, 0) is 26.2 Å². The molecule has 168 valence electrons. The highest BCUT2D eigenvalue weighted by molar-refractivity contribution is 14.0. The molecule has 0 amide bonds. The zero-order valence-electron chi connectivity index (χ0n) is 17.4. The molecule has 0 saturated carbocycles. The van der Waals surface area contributed by atoms with E-state index in [1.165, 1.54) is 10.6 Å². The summed E-state index contributed by atoms with van der Waals surface area (Å²) in [4.78, 5) is 8.51. The van der Waals surface area contributed by atoms with Crippen molar-refractivity contribution in [2.24, 2.45) is 4.99 Å². The first-order chi connectivity index (χ1) is 13.9. The van der Waals surface area contributed by atoms with Gasteiger partial charge in [-0.25, -0.2) is 8.42 Å². The predicted molar refractivity (Wildman–Crippen MR) is 124 cm³/mol. The minimum atomic E-state index is -3.42. The van der Waals surface area contributed by atoms with Crippen molar-refractivity contribution in [2.75, 3.05) is 53.9 Å². The van der Waals surface area contributed by atoms with E-state index in [1.807, 2.05) is 26.2 Å². The molecule has 0 bridgehead atoms. The monoisotopic (exact) mass is 552 g/mol. The topological polar surface area (TPSA) is 107 Å². The number of nitrogens with zero attached hydrogens (tertiary/aromatic N) is 5. The molecule has 0 aromatic carbocycles. The Kier molecular flexibility index (Phi) is 9.12. The van der Waals surface area contributed by atoms with E-state index < -0.39 is 10.0 Å². The second-order valence-electron chi connectivity index (χ2n) is 7.06. The van der Waals surface area contributed by atoms with Crippen LogP contribution in [0.25, 0.3) is 0 Å². The third-order valence-electron chi connectivity index (χ3n) is 4.91. The molecule has 2 aromatic heterocycles. The maximum absolute atomic E-state index is 12.6. The Balaban J connectivity index is 0.00000320. The molecule has 3 heterocycles. The first-order valence-electron chi connectivity index (χ1n) is 9.43. The van der Waals surface area contributed by atoms with Gasteiger partial charge >= 0.3 is 0 Å². The second kappa shape index (κ2) is 11.1. The van der Waals surface area contributed by atoms with Gasteiger partial charge in [0.15, 0.2) is 5.96 Å². The normalized spacial score (nSPS) is 17.1. The van der Waals surface area contributed by atoms with E-state index in [0.717, 1.165) is 11.7 Å². The van der Waals surface area contributed by atoms with Crippen LogP contribution in [0.4, 0.5) is 0 Å². The summed E-state index contributed by atoms with van der Waals surface area (Å²) >= 11 is 0. The number of rotatable bonds is 7. The van der Waals surface area contributed by atoms with Gasteiger partial charge in [0, 0.05) is 45.8 Å². The van der Waals surface area contributed by atoms with Crippen LogP contribution in [0.15, 0.2) is 44.7 Å². The number of guanidine groups is 1. The van der Waals surface area contributed by atoms with Crippen LogP contribution in [0.2, 0.25) is 0 Å². The molecule has 1 saturated heterocycles. The number of hydrogen-bond donors (Lipinski definition) is 1. The van der Waals surface area contributed by atoms with Gasteiger partial charge in [-0.15, -0.1) is 24.0 Å². The highest BCUT2D eigenvalue weighted by Gasteiger charge is 2.29. The molecule has 30 heavy (non-hydrogen) atoms. The van der Waals surface area contributed by atoms with E-state index in [9.17, 15) is 8.42 Å². The zero-order valence-corrected chi connectivity index (χ0v) is 20.5. The molecule has 0 aliphatic carbocycles. The quantitative estimate of drug-likeness (QED) is 0.311. The minimum Gasteiger partial charge on any atom is -0.468 e. The number of piperazine rings is 1. The Morgan fingerprint density at radius 1 is 1.27 bits per heavy atom. The average molecular weight is 552 g/mol. The summed E-state index contributed by atoms with van der Waals surface area (Å²) in [6, 6.07) is 5.46. The molecule has 3 rings (SSSR count). The van der Waals surface area contributed by atoms with E-state index in [0.29, 0.717) is 38.4 Å². The number of aliphatic imine (C=N–C) groups is 1. The SMILES string of the molecule is CN=C(NCC(c1ccco1)N(C)C)N1CCN(S(=O)(=O)Cc2ccon2)CC1.I. The number of likely N-dealkylation sites (N-methyl/N-ethyl adjacent to an activating group) is 1. The second-order valence-corrected chi connectivity index (χ2v) is 9.02. The number of aromatic nitrogens is 1. The van der Waals surface area contributed by atoms with E-state index in [-0.39, 0.29) is 35.8 Å². The van der Waals surface area contributed by atoms with Gasteiger partial charge < -0.3 is 19.2 Å². The van der Waals surface area contributed by atoms with Gasteiger partial charge in [0.25, 0.3) is 0 Å². The van der Waals surface area contributed by atoms with Gasteiger partial charge in [-0.3, -0.25) is 9.89 Å². The molecule has 1 aliphatic rings. The number of furan rings is 1. The average Bonchev–Trinajstić information content (AvgIpc) is 3.39. The fraction of sp³-hybridized carbons (Fsp3) is 0.556. The Labute approximate surface area is 194 Å². The van der Waals surface area contributed by atoms with Gasteiger partial charge in [-0.2, -0.15) is 4.31 Å². The van der Waals surface area contributed by atoms with Crippen LogP contribution in [-0.4, -0.2) is 87.5 Å². The van der Waals surface area contributed by atoms with E-state index in [4.69, 9.17) is 8.94 Å². The molecular formula is C18H29IN6O4S. The molecular weight excluding hydrogens is 523 g/mol. The van der Waals surface area contributed by atoms with Crippen LogP contribution in [-0.2, 0) is 15.8 Å². The molecule has 1 atom stereocenters. The molecule has 1 aliphatic heterocycles. The van der Waals surface area contributed by atoms with E-state index >= 15 is 0 Å². The van der Waals surface area contributed by atoms with Crippen LogP contribution in [0.5, 0.6) is 0 Å². The highest BCUT2D eigenvalue weighted by Crippen LogP contribution is 2.18. The first-order valence-corrected chi connectivity index (χ1v) is 11.0. The van der Waals surface area contributed by atoms with Gasteiger partial charge in [0.2, 0.25) is 10.0 Å². The minimum absolute atomic E-state index is 0. The maximum Gasteiger partial charge on any atom is 0.220 e. The molecule has 2 aromatic rings. The van der Waals surface area contributed by atoms with Crippen molar-refractivity contribution in [2.45, 2.75) is 11.8 Å². The third-order valence-corrected chi connectivity index (χ3v) is 6.73. The van der Waals surface area contributed by atoms with Crippen LogP contribution in [0.3, 0.4) is 0 Å². The van der Waals surface area contributed by atoms with E-state index in [2.05, 4.69) is 25.3 Å². The summed E-state index contributed by atoms with van der Waals surface area (Å²) in [6.07, 6.45) is 3.04. The summed E-state index contributed by atoms with van der Waals surface area (Å²) in [7, 11) is 2.30. The lowest BCUT2D eigenvalue weighted by Crippen LogP contribution is -2.54. The Bertz CT molecular complexity index is 878. The molecule has 1 fully saturated rings. The summed E-state index contributed by atoms with van der Waals surface area (Å²) in [5.41, 5.74) is 0.414. The standard InChI is InChI=1S/C18H28N6O4S.HI/c1-19-18(20-13-16(22(2)3)17-5-4-11-27-17)23-7-9-24(10-8-23)29(25,26)14-15-6-12-28-21-15;/h4-6,11-12,16H,7-10,13-14H2,1-3H3,(H,19,20);1H. The number of nitrogens with one attached hydrogen (secondary N) is 1. The lowest BCUT2D eigenvalue weighted by Gasteiger charge is -2.36. The lowest BCUT2D eigenvalue weighted by molar-refractivity contribution is 0.243. The number of halogens is 1. The van der Waals surface area contributed by atoms with Crippen molar-refractivity contribution in [1.82, 2.24) is 24.6 Å². The first kappa shape index (κ1) is 24.6. The maximum atomic E-state index is 12.6. The Morgan fingerprint density at radius 2 is 2.00 bits per heavy atom. The molecule has 1 unspecified atom stereocenters. The highest BCUT2D eigenvalue weighted by atomic mass is 127. The van der Waals surface area contributed by atoms with Gasteiger partial charge in [0.1, 0.15) is 17.8 Å². The summed E-state index contributed by atoms with van der Waals surface area (Å²) in [5, 5.41) is 7.08. The van der Waals surface area contributed by atoms with Crippen molar-refractivity contribution >= 4 is 40.0 Å².